The van der Waals surface area contributed by atoms with Gasteiger partial charge in [0.15, 0.2) is 0 Å². The van der Waals surface area contributed by atoms with Gasteiger partial charge in [-0.25, -0.2) is 0 Å². The molecule has 3 aliphatic rings. The van der Waals surface area contributed by atoms with Gasteiger partial charge in [-0.15, -0.1) is 0 Å². The van der Waals surface area contributed by atoms with Gasteiger partial charge in [0.05, 0.1) is 25.3 Å². The number of carbonyl (C=O) groups is 2. The number of hydrogen-bond acceptors (Lipinski definition) is 5. The molecule has 7 nitrogen and oxygen atoms in total. The third-order valence-electron chi connectivity index (χ3n) is 5.62. The van der Waals surface area contributed by atoms with Crippen molar-refractivity contribution >= 4 is 11.8 Å². The fraction of sp³-hybridized carbons (Fsp3) is 0.632. The molecule has 1 aromatic heterocycles. The van der Waals surface area contributed by atoms with E-state index in [9.17, 15) is 9.59 Å². The lowest BCUT2D eigenvalue weighted by atomic mass is 9.89. The van der Waals surface area contributed by atoms with Gasteiger partial charge in [0.1, 0.15) is 11.6 Å². The zero-order valence-electron chi connectivity index (χ0n) is 15.4. The number of likely N-dealkylation sites (N-methyl/N-ethyl adjacent to an activating group) is 1. The van der Waals surface area contributed by atoms with E-state index in [1.165, 1.54) is 12.8 Å². The van der Waals surface area contributed by atoms with Gasteiger partial charge in [0.25, 0.3) is 5.91 Å². The van der Waals surface area contributed by atoms with Gasteiger partial charge in [-0.1, -0.05) is 0 Å². The molecule has 7 heteroatoms. The number of nitrogens with one attached hydrogen (secondary N) is 1. The number of hydrogen-bond donors (Lipinski definition) is 1. The highest BCUT2D eigenvalue weighted by Gasteiger charge is 2.52. The smallest absolute Gasteiger partial charge is 0.255 e. The lowest BCUT2D eigenvalue weighted by molar-refractivity contribution is -0.191. The van der Waals surface area contributed by atoms with Crippen LogP contribution in [-0.4, -0.2) is 78.1 Å². The van der Waals surface area contributed by atoms with Crippen molar-refractivity contribution in [2.24, 2.45) is 5.92 Å². The molecule has 3 fully saturated rings. The molecule has 26 heavy (non-hydrogen) atoms. The highest BCUT2D eigenvalue weighted by atomic mass is 16.5. The van der Waals surface area contributed by atoms with Crippen molar-refractivity contribution in [2.75, 3.05) is 39.8 Å². The zero-order valence-corrected chi connectivity index (χ0v) is 15.4. The maximum atomic E-state index is 12.6. The number of aromatic nitrogens is 1. The molecule has 3 heterocycles. The number of ether oxygens (including phenoxy) is 1. The summed E-state index contributed by atoms with van der Waals surface area (Å²) >= 11 is 0. The van der Waals surface area contributed by atoms with Gasteiger partial charge in [-0.3, -0.25) is 19.5 Å². The minimum Gasteiger partial charge on any atom is -0.368 e. The van der Waals surface area contributed by atoms with Crippen LogP contribution in [0, 0.1) is 12.8 Å². The Kier molecular flexibility index (Phi) is 4.44. The Morgan fingerprint density at radius 3 is 2.69 bits per heavy atom. The van der Waals surface area contributed by atoms with E-state index in [1.807, 2.05) is 24.0 Å². The van der Waals surface area contributed by atoms with E-state index in [-0.39, 0.29) is 23.5 Å². The molecule has 0 aromatic carbocycles. The lowest BCUT2D eigenvalue weighted by Crippen LogP contribution is -2.73. The van der Waals surface area contributed by atoms with E-state index >= 15 is 0 Å². The van der Waals surface area contributed by atoms with Crippen LogP contribution in [0.5, 0.6) is 0 Å². The molecule has 0 bridgehead atoms. The van der Waals surface area contributed by atoms with Crippen molar-refractivity contribution in [3.63, 3.8) is 0 Å². The van der Waals surface area contributed by atoms with Crippen molar-refractivity contribution in [1.29, 1.82) is 0 Å². The van der Waals surface area contributed by atoms with Crippen LogP contribution >= 0.6 is 0 Å². The largest absolute Gasteiger partial charge is 0.368 e. The number of aryl methyl sites for hydroxylation is 1. The average Bonchev–Trinajstić information content (AvgIpc) is 3.43. The molecular weight excluding hydrogens is 332 g/mol. The zero-order chi connectivity index (χ0) is 18.3. The Morgan fingerprint density at radius 1 is 1.31 bits per heavy atom. The Balaban J connectivity index is 1.40. The van der Waals surface area contributed by atoms with E-state index in [0.717, 1.165) is 12.2 Å². The van der Waals surface area contributed by atoms with E-state index in [2.05, 4.69) is 15.2 Å². The van der Waals surface area contributed by atoms with E-state index in [4.69, 9.17) is 4.74 Å². The summed E-state index contributed by atoms with van der Waals surface area (Å²) < 4.78 is 6.09. The molecule has 4 rings (SSSR count). The fourth-order valence-electron chi connectivity index (χ4n) is 3.88. The summed E-state index contributed by atoms with van der Waals surface area (Å²) in [6, 6.07) is 3.45. The number of rotatable bonds is 4. The molecule has 1 atom stereocenters. The minimum atomic E-state index is -0.340. The first-order valence-electron chi connectivity index (χ1n) is 9.31. The Hall–Kier alpha value is -1.99. The second kappa shape index (κ2) is 6.63. The van der Waals surface area contributed by atoms with Crippen LogP contribution in [0.25, 0.3) is 0 Å². The number of pyridine rings is 1. The summed E-state index contributed by atoms with van der Waals surface area (Å²) in [5.41, 5.74) is 1.17. The van der Waals surface area contributed by atoms with E-state index in [0.29, 0.717) is 37.7 Å². The molecule has 140 valence electrons. The molecule has 2 aliphatic heterocycles. The first-order chi connectivity index (χ1) is 12.5. The van der Waals surface area contributed by atoms with Crippen LogP contribution in [0.4, 0.5) is 0 Å². The highest BCUT2D eigenvalue weighted by Crippen LogP contribution is 2.36. The summed E-state index contributed by atoms with van der Waals surface area (Å²) in [5, 5.41) is 2.74. The molecule has 2 amide bonds. The fourth-order valence-corrected chi connectivity index (χ4v) is 3.88. The normalized spacial score (nSPS) is 25.0. The number of carbonyl (C=O) groups excluding carboxylic acids is 2. The monoisotopic (exact) mass is 358 g/mol. The molecule has 1 unspecified atom stereocenters. The molecule has 1 N–H and O–H groups in total. The summed E-state index contributed by atoms with van der Waals surface area (Å²) in [4.78, 5) is 33.1. The van der Waals surface area contributed by atoms with Crippen LogP contribution < -0.4 is 5.32 Å². The van der Waals surface area contributed by atoms with Gasteiger partial charge in [-0.05, 0) is 37.8 Å². The lowest BCUT2D eigenvalue weighted by Gasteiger charge is -2.55. The Morgan fingerprint density at radius 2 is 2.08 bits per heavy atom. The number of morpholine rings is 1. The SMILES string of the molecule is CNC(=O)C1COC2(CN(C(=O)c3ccc(C)nc3)C2)CN1CC1CC1. The maximum absolute atomic E-state index is 12.6. The predicted octanol–water partition coefficient (Wildman–Crippen LogP) is 0.441. The summed E-state index contributed by atoms with van der Waals surface area (Å²) in [5.74, 6) is 0.709. The maximum Gasteiger partial charge on any atom is 0.255 e. The molecule has 1 aromatic rings. The van der Waals surface area contributed by atoms with Crippen LogP contribution in [0.3, 0.4) is 0 Å². The Labute approximate surface area is 153 Å². The molecule has 1 aliphatic carbocycles. The number of amides is 2. The predicted molar refractivity (Wildman–Crippen MR) is 95.7 cm³/mol. The quantitative estimate of drug-likeness (QED) is 0.845. The standard InChI is InChI=1S/C19H26N4O3/c1-13-3-6-15(7-21-13)18(25)23-11-19(12-23)10-22(8-14-4-5-14)16(9-26-19)17(24)20-2/h3,6-7,14,16H,4-5,8-12H2,1-2H3,(H,20,24). The van der Waals surface area contributed by atoms with Crippen LogP contribution in [0.15, 0.2) is 18.3 Å². The minimum absolute atomic E-state index is 0.00565. The van der Waals surface area contributed by atoms with Gasteiger partial charge in [0.2, 0.25) is 5.91 Å². The van der Waals surface area contributed by atoms with Gasteiger partial charge in [-0.2, -0.15) is 0 Å². The topological polar surface area (TPSA) is 74.8 Å². The third-order valence-corrected chi connectivity index (χ3v) is 5.62. The second-order valence-corrected chi connectivity index (χ2v) is 7.85. The summed E-state index contributed by atoms with van der Waals surface area (Å²) in [6.07, 6.45) is 4.12. The van der Waals surface area contributed by atoms with Crippen molar-refractivity contribution in [1.82, 2.24) is 20.1 Å². The van der Waals surface area contributed by atoms with Gasteiger partial charge >= 0.3 is 0 Å². The third kappa shape index (κ3) is 3.33. The van der Waals surface area contributed by atoms with Crippen LogP contribution in [0.1, 0.15) is 28.9 Å². The van der Waals surface area contributed by atoms with Crippen molar-refractivity contribution in [2.45, 2.75) is 31.4 Å². The van der Waals surface area contributed by atoms with Crippen LogP contribution in [-0.2, 0) is 9.53 Å². The van der Waals surface area contributed by atoms with E-state index < -0.39 is 0 Å². The first-order valence-corrected chi connectivity index (χ1v) is 9.31. The molecule has 1 saturated carbocycles. The van der Waals surface area contributed by atoms with Crippen molar-refractivity contribution in [3.8, 4) is 0 Å². The van der Waals surface area contributed by atoms with Gasteiger partial charge in [0, 0.05) is 32.0 Å². The first kappa shape index (κ1) is 17.4. The number of likely N-dealkylation sites (tertiary alicyclic amines) is 1. The number of nitrogens with zero attached hydrogens (tertiary/aromatic N) is 3. The Bertz CT molecular complexity index is 695. The van der Waals surface area contributed by atoms with Crippen molar-refractivity contribution < 1.29 is 14.3 Å². The summed E-state index contributed by atoms with van der Waals surface area (Å²) in [6.45, 7) is 5.08. The summed E-state index contributed by atoms with van der Waals surface area (Å²) in [7, 11) is 1.67. The molecule has 1 spiro atoms. The molecular formula is C19H26N4O3. The average molecular weight is 358 g/mol. The van der Waals surface area contributed by atoms with Crippen LogP contribution in [0.2, 0.25) is 0 Å². The van der Waals surface area contributed by atoms with Crippen molar-refractivity contribution in [3.05, 3.63) is 29.6 Å². The molecule has 2 saturated heterocycles. The van der Waals surface area contributed by atoms with E-state index in [1.54, 1.807) is 13.2 Å². The second-order valence-electron chi connectivity index (χ2n) is 7.85. The molecule has 0 radical (unpaired) electrons. The van der Waals surface area contributed by atoms with Gasteiger partial charge < -0.3 is 15.0 Å². The highest BCUT2D eigenvalue weighted by molar-refractivity contribution is 5.94.